The highest BCUT2D eigenvalue weighted by Gasteiger charge is 2.58. The van der Waals surface area contributed by atoms with Crippen molar-refractivity contribution in [2.45, 2.75) is 64.1 Å². The van der Waals surface area contributed by atoms with Gasteiger partial charge in [-0.25, -0.2) is 4.98 Å². The van der Waals surface area contributed by atoms with Crippen LogP contribution in [-0.2, 0) is 11.3 Å². The van der Waals surface area contributed by atoms with Crippen molar-refractivity contribution in [2.75, 3.05) is 13.2 Å². The Kier molecular flexibility index (Phi) is 4.41. The third kappa shape index (κ3) is 2.63. The molecule has 2 unspecified atom stereocenters. The van der Waals surface area contributed by atoms with Gasteiger partial charge in [0.15, 0.2) is 0 Å². The summed E-state index contributed by atoms with van der Waals surface area (Å²) < 4.78 is 8.05. The van der Waals surface area contributed by atoms with Gasteiger partial charge in [0.05, 0.1) is 12.4 Å². The maximum absolute atomic E-state index is 5.89. The fourth-order valence-electron chi connectivity index (χ4n) is 3.84. The Hall–Kier alpha value is -0.870. The maximum atomic E-state index is 5.89. The fourth-order valence-corrected chi connectivity index (χ4v) is 3.84. The van der Waals surface area contributed by atoms with E-state index in [2.05, 4.69) is 21.8 Å². The topological polar surface area (TPSA) is 39.1 Å². The predicted molar refractivity (Wildman–Crippen MR) is 79.6 cm³/mol. The van der Waals surface area contributed by atoms with Crippen LogP contribution in [0.1, 0.15) is 45.4 Å². The Labute approximate surface area is 121 Å². The van der Waals surface area contributed by atoms with Crippen LogP contribution in [0, 0.1) is 5.41 Å². The highest BCUT2D eigenvalue weighted by Crippen LogP contribution is 2.57. The van der Waals surface area contributed by atoms with Crippen molar-refractivity contribution in [3.05, 3.63) is 18.7 Å². The molecule has 2 aliphatic carbocycles. The molecule has 0 amide bonds. The number of hydrogen-bond acceptors (Lipinski definition) is 3. The van der Waals surface area contributed by atoms with Gasteiger partial charge in [-0.05, 0) is 45.6 Å². The summed E-state index contributed by atoms with van der Waals surface area (Å²) in [5, 5.41) is 3.78. The van der Waals surface area contributed by atoms with Gasteiger partial charge in [-0.1, -0.05) is 6.42 Å². The van der Waals surface area contributed by atoms with E-state index >= 15 is 0 Å². The first kappa shape index (κ1) is 14.1. The SMILES string of the molecule is CCOC1CC(NCCCCn2ccnc2)C12CCC2. The van der Waals surface area contributed by atoms with Crippen molar-refractivity contribution in [1.82, 2.24) is 14.9 Å². The van der Waals surface area contributed by atoms with E-state index < -0.39 is 0 Å². The molecule has 0 bridgehead atoms. The molecule has 1 spiro atoms. The fraction of sp³-hybridized carbons (Fsp3) is 0.812. The molecular formula is C16H27N3O. The van der Waals surface area contributed by atoms with Crippen LogP contribution in [-0.4, -0.2) is 34.8 Å². The molecule has 0 aliphatic heterocycles. The number of nitrogens with zero attached hydrogens (tertiary/aromatic N) is 2. The third-order valence-electron chi connectivity index (χ3n) is 5.23. The van der Waals surface area contributed by atoms with Crippen LogP contribution < -0.4 is 5.32 Å². The van der Waals surface area contributed by atoms with E-state index in [4.69, 9.17) is 4.74 Å². The molecule has 0 saturated heterocycles. The average Bonchev–Trinajstić information content (AvgIpc) is 2.87. The zero-order chi connectivity index (χ0) is 13.8. The highest BCUT2D eigenvalue weighted by molar-refractivity contribution is 5.12. The lowest BCUT2D eigenvalue weighted by Crippen LogP contribution is -2.66. The molecule has 4 nitrogen and oxygen atoms in total. The Morgan fingerprint density at radius 2 is 2.30 bits per heavy atom. The quantitative estimate of drug-likeness (QED) is 0.742. The zero-order valence-electron chi connectivity index (χ0n) is 12.6. The average molecular weight is 277 g/mol. The summed E-state index contributed by atoms with van der Waals surface area (Å²) in [5.74, 6) is 0. The summed E-state index contributed by atoms with van der Waals surface area (Å²) in [6, 6.07) is 0.709. The van der Waals surface area contributed by atoms with E-state index in [1.54, 1.807) is 0 Å². The number of aromatic nitrogens is 2. The maximum Gasteiger partial charge on any atom is 0.0945 e. The molecular weight excluding hydrogens is 250 g/mol. The standard InChI is InChI=1S/C16H27N3O/c1-2-20-15-12-14(16(15)6-5-7-16)18-8-3-4-10-19-11-9-17-13-19/h9,11,13-15,18H,2-8,10,12H2,1H3. The predicted octanol–water partition coefficient (Wildman–Crippen LogP) is 2.60. The molecule has 1 heterocycles. The van der Waals surface area contributed by atoms with Gasteiger partial charge in [0.1, 0.15) is 0 Å². The number of unbranched alkanes of at least 4 members (excludes halogenated alkanes) is 1. The first-order valence-electron chi connectivity index (χ1n) is 8.16. The van der Waals surface area contributed by atoms with Crippen LogP contribution in [0.15, 0.2) is 18.7 Å². The van der Waals surface area contributed by atoms with Gasteiger partial charge in [0.25, 0.3) is 0 Å². The Bertz CT molecular complexity index is 400. The molecule has 2 aliphatic rings. The van der Waals surface area contributed by atoms with Gasteiger partial charge < -0.3 is 14.6 Å². The van der Waals surface area contributed by atoms with E-state index in [-0.39, 0.29) is 0 Å². The summed E-state index contributed by atoms with van der Waals surface area (Å²) >= 11 is 0. The largest absolute Gasteiger partial charge is 0.378 e. The van der Waals surface area contributed by atoms with Crippen LogP contribution in [0.5, 0.6) is 0 Å². The Morgan fingerprint density at radius 1 is 1.40 bits per heavy atom. The van der Waals surface area contributed by atoms with Crippen molar-refractivity contribution in [1.29, 1.82) is 0 Å². The molecule has 20 heavy (non-hydrogen) atoms. The van der Waals surface area contributed by atoms with Crippen LogP contribution in [0.4, 0.5) is 0 Å². The highest BCUT2D eigenvalue weighted by atomic mass is 16.5. The molecule has 2 saturated carbocycles. The second-order valence-electron chi connectivity index (χ2n) is 6.28. The molecule has 2 fully saturated rings. The van der Waals surface area contributed by atoms with Gasteiger partial charge in [-0.2, -0.15) is 0 Å². The molecule has 0 aromatic carbocycles. The lowest BCUT2D eigenvalue weighted by atomic mass is 9.51. The molecule has 1 aromatic heterocycles. The van der Waals surface area contributed by atoms with Crippen LogP contribution in [0.2, 0.25) is 0 Å². The van der Waals surface area contributed by atoms with Crippen LogP contribution >= 0.6 is 0 Å². The monoisotopic (exact) mass is 277 g/mol. The first-order valence-corrected chi connectivity index (χ1v) is 8.16. The summed E-state index contributed by atoms with van der Waals surface area (Å²) in [5.41, 5.74) is 0.500. The molecule has 1 N–H and O–H groups in total. The summed E-state index contributed by atoms with van der Waals surface area (Å²) in [7, 11) is 0. The van der Waals surface area contributed by atoms with E-state index in [0.29, 0.717) is 17.6 Å². The second-order valence-corrected chi connectivity index (χ2v) is 6.28. The second kappa shape index (κ2) is 6.27. The minimum atomic E-state index is 0.500. The van der Waals surface area contributed by atoms with Crippen molar-refractivity contribution in [2.24, 2.45) is 5.41 Å². The Morgan fingerprint density at radius 3 is 2.95 bits per heavy atom. The van der Waals surface area contributed by atoms with Gasteiger partial charge in [-0.3, -0.25) is 0 Å². The lowest BCUT2D eigenvalue weighted by molar-refractivity contribution is -0.172. The van der Waals surface area contributed by atoms with Crippen molar-refractivity contribution in [3.63, 3.8) is 0 Å². The zero-order valence-corrected chi connectivity index (χ0v) is 12.6. The van der Waals surface area contributed by atoms with Gasteiger partial charge in [0.2, 0.25) is 0 Å². The van der Waals surface area contributed by atoms with E-state index in [1.807, 2.05) is 18.7 Å². The first-order chi connectivity index (χ1) is 9.85. The Balaban J connectivity index is 1.33. The van der Waals surface area contributed by atoms with Crippen molar-refractivity contribution in [3.8, 4) is 0 Å². The minimum absolute atomic E-state index is 0.500. The molecule has 3 rings (SSSR count). The van der Waals surface area contributed by atoms with Gasteiger partial charge >= 0.3 is 0 Å². The number of aryl methyl sites for hydroxylation is 1. The van der Waals surface area contributed by atoms with E-state index in [1.165, 1.54) is 38.5 Å². The molecule has 2 atom stereocenters. The third-order valence-corrected chi connectivity index (χ3v) is 5.23. The minimum Gasteiger partial charge on any atom is -0.378 e. The summed E-state index contributed by atoms with van der Waals surface area (Å²) in [4.78, 5) is 4.07. The number of rotatable bonds is 8. The molecule has 1 aromatic rings. The normalized spacial score (nSPS) is 27.2. The van der Waals surface area contributed by atoms with E-state index in [0.717, 1.165) is 19.7 Å². The molecule has 0 radical (unpaired) electrons. The molecule has 4 heteroatoms. The van der Waals surface area contributed by atoms with Crippen molar-refractivity contribution >= 4 is 0 Å². The molecule has 112 valence electrons. The van der Waals surface area contributed by atoms with Gasteiger partial charge in [-0.15, -0.1) is 0 Å². The lowest BCUT2D eigenvalue weighted by Gasteiger charge is -2.61. The van der Waals surface area contributed by atoms with Gasteiger partial charge in [0, 0.05) is 37.0 Å². The summed E-state index contributed by atoms with van der Waals surface area (Å²) in [6.45, 7) is 5.20. The number of nitrogens with one attached hydrogen (secondary N) is 1. The van der Waals surface area contributed by atoms with Crippen LogP contribution in [0.25, 0.3) is 0 Å². The smallest absolute Gasteiger partial charge is 0.0945 e. The van der Waals surface area contributed by atoms with Crippen molar-refractivity contribution < 1.29 is 4.74 Å². The number of imidazole rings is 1. The summed E-state index contributed by atoms with van der Waals surface area (Å²) in [6.07, 6.45) is 14.1. The van der Waals surface area contributed by atoms with E-state index in [9.17, 15) is 0 Å². The number of hydrogen-bond donors (Lipinski definition) is 1. The number of ether oxygens (including phenoxy) is 1. The van der Waals surface area contributed by atoms with Crippen LogP contribution in [0.3, 0.4) is 0 Å².